The number of aromatic nitrogens is 2. The molecule has 0 amide bonds. The standard InChI is InChI=1S/C20H25ClN4O/c1-3-24-7-4-5-16(12-24)25-8-6-14-10-17(22-23-20(14)25)19-13(2)9-15(21)11-18(19)26/h9-11,16,26H,3-8,12H2,1-2H3/t16-/m1/s1. The number of hydrogen-bond acceptors (Lipinski definition) is 5. The number of fused-ring (bicyclic) bond motifs is 1. The molecule has 1 fully saturated rings. The Morgan fingerprint density at radius 3 is 2.85 bits per heavy atom. The minimum absolute atomic E-state index is 0.157. The number of phenolic OH excluding ortho intramolecular Hbond substituents is 1. The van der Waals surface area contributed by atoms with Crippen LogP contribution >= 0.6 is 11.6 Å². The van der Waals surface area contributed by atoms with Crippen molar-refractivity contribution >= 4 is 17.4 Å². The van der Waals surface area contributed by atoms with Gasteiger partial charge in [0.25, 0.3) is 0 Å². The summed E-state index contributed by atoms with van der Waals surface area (Å²) in [6.07, 6.45) is 3.44. The summed E-state index contributed by atoms with van der Waals surface area (Å²) in [6, 6.07) is 6.01. The molecule has 26 heavy (non-hydrogen) atoms. The van der Waals surface area contributed by atoms with Crippen LogP contribution in [-0.4, -0.2) is 52.4 Å². The number of aromatic hydroxyl groups is 1. The van der Waals surface area contributed by atoms with Gasteiger partial charge in [0.2, 0.25) is 0 Å². The second-order valence-corrected chi connectivity index (χ2v) is 7.76. The Morgan fingerprint density at radius 2 is 2.08 bits per heavy atom. The Morgan fingerprint density at radius 1 is 1.23 bits per heavy atom. The summed E-state index contributed by atoms with van der Waals surface area (Å²) < 4.78 is 0. The number of hydrogen-bond donors (Lipinski definition) is 1. The SMILES string of the molecule is CCN1CCC[C@@H](N2CCc3cc(-c4c(C)cc(Cl)cc4O)nnc32)C1. The molecule has 0 radical (unpaired) electrons. The molecule has 5 nitrogen and oxygen atoms in total. The highest BCUT2D eigenvalue weighted by molar-refractivity contribution is 6.31. The number of piperidine rings is 1. The zero-order valence-electron chi connectivity index (χ0n) is 15.4. The molecule has 0 bridgehead atoms. The van der Waals surface area contributed by atoms with Gasteiger partial charge in [-0.3, -0.25) is 0 Å². The van der Waals surface area contributed by atoms with E-state index < -0.39 is 0 Å². The van der Waals surface area contributed by atoms with Crippen LogP contribution in [0.5, 0.6) is 5.75 Å². The van der Waals surface area contributed by atoms with Crippen LogP contribution in [0.25, 0.3) is 11.3 Å². The maximum absolute atomic E-state index is 10.3. The van der Waals surface area contributed by atoms with E-state index in [-0.39, 0.29) is 5.75 Å². The average Bonchev–Trinajstić information content (AvgIpc) is 3.04. The topological polar surface area (TPSA) is 52.5 Å². The first-order chi connectivity index (χ1) is 12.6. The summed E-state index contributed by atoms with van der Waals surface area (Å²) in [6.45, 7) is 8.58. The fourth-order valence-corrected chi connectivity index (χ4v) is 4.57. The molecule has 1 N–H and O–H groups in total. The zero-order valence-corrected chi connectivity index (χ0v) is 16.1. The van der Waals surface area contributed by atoms with E-state index in [2.05, 4.69) is 33.0 Å². The van der Waals surface area contributed by atoms with E-state index in [9.17, 15) is 5.11 Å². The predicted molar refractivity (Wildman–Crippen MR) is 105 cm³/mol. The zero-order chi connectivity index (χ0) is 18.3. The van der Waals surface area contributed by atoms with Crippen molar-refractivity contribution in [1.82, 2.24) is 15.1 Å². The van der Waals surface area contributed by atoms with Crippen LogP contribution in [0.2, 0.25) is 5.02 Å². The molecule has 1 atom stereocenters. The lowest BCUT2D eigenvalue weighted by Crippen LogP contribution is -2.47. The van der Waals surface area contributed by atoms with Crippen LogP contribution in [0.3, 0.4) is 0 Å². The third-order valence-electron chi connectivity index (χ3n) is 5.65. The first-order valence-electron chi connectivity index (χ1n) is 9.42. The maximum atomic E-state index is 10.3. The number of nitrogens with zero attached hydrogens (tertiary/aromatic N) is 4. The number of likely N-dealkylation sites (tertiary alicyclic amines) is 1. The number of aryl methyl sites for hydroxylation is 1. The van der Waals surface area contributed by atoms with Gasteiger partial charge in [-0.2, -0.15) is 0 Å². The van der Waals surface area contributed by atoms with Crippen molar-refractivity contribution in [1.29, 1.82) is 0 Å². The minimum atomic E-state index is 0.157. The minimum Gasteiger partial charge on any atom is -0.507 e. The lowest BCUT2D eigenvalue weighted by atomic mass is 10.0. The van der Waals surface area contributed by atoms with Gasteiger partial charge in [-0.05, 0) is 63.0 Å². The van der Waals surface area contributed by atoms with Crippen molar-refractivity contribution in [2.24, 2.45) is 0 Å². The fraction of sp³-hybridized carbons (Fsp3) is 0.500. The molecule has 138 valence electrons. The second-order valence-electron chi connectivity index (χ2n) is 7.33. The van der Waals surface area contributed by atoms with Gasteiger partial charge in [-0.1, -0.05) is 18.5 Å². The Labute approximate surface area is 159 Å². The number of rotatable bonds is 3. The Kier molecular flexibility index (Phi) is 4.76. The number of likely N-dealkylation sites (N-methyl/N-ethyl adjacent to an activating group) is 1. The van der Waals surface area contributed by atoms with E-state index in [0.29, 0.717) is 11.1 Å². The van der Waals surface area contributed by atoms with Crippen molar-refractivity contribution in [3.8, 4) is 17.0 Å². The molecule has 0 spiro atoms. The van der Waals surface area contributed by atoms with Crippen LogP contribution in [0, 0.1) is 6.92 Å². The highest BCUT2D eigenvalue weighted by Crippen LogP contribution is 2.37. The number of anilines is 1. The van der Waals surface area contributed by atoms with Crippen LogP contribution in [0.4, 0.5) is 5.82 Å². The Bertz CT molecular complexity index is 802. The molecular formula is C20H25ClN4O. The van der Waals surface area contributed by atoms with Gasteiger partial charge >= 0.3 is 0 Å². The molecule has 2 aliphatic heterocycles. The highest BCUT2D eigenvalue weighted by Gasteiger charge is 2.31. The molecule has 6 heteroatoms. The van der Waals surface area contributed by atoms with E-state index in [1.807, 2.05) is 13.0 Å². The van der Waals surface area contributed by atoms with Crippen LogP contribution in [-0.2, 0) is 6.42 Å². The van der Waals surface area contributed by atoms with Gasteiger partial charge in [0.1, 0.15) is 5.75 Å². The quantitative estimate of drug-likeness (QED) is 0.891. The Hall–Kier alpha value is -1.85. The summed E-state index contributed by atoms with van der Waals surface area (Å²) >= 11 is 6.03. The van der Waals surface area contributed by atoms with Gasteiger partial charge in [-0.25, -0.2) is 0 Å². The van der Waals surface area contributed by atoms with Crippen molar-refractivity contribution < 1.29 is 5.11 Å². The molecule has 2 aromatic rings. The van der Waals surface area contributed by atoms with E-state index in [4.69, 9.17) is 11.6 Å². The summed E-state index contributed by atoms with van der Waals surface area (Å²) in [5.74, 6) is 1.17. The number of halogens is 1. The molecule has 2 aliphatic rings. The first kappa shape index (κ1) is 17.6. The monoisotopic (exact) mass is 372 g/mol. The molecule has 1 aromatic carbocycles. The van der Waals surface area contributed by atoms with E-state index in [1.165, 1.54) is 24.9 Å². The van der Waals surface area contributed by atoms with Crippen LogP contribution < -0.4 is 4.90 Å². The van der Waals surface area contributed by atoms with Crippen molar-refractivity contribution in [2.45, 2.75) is 39.2 Å². The molecular weight excluding hydrogens is 348 g/mol. The highest BCUT2D eigenvalue weighted by atomic mass is 35.5. The van der Waals surface area contributed by atoms with Gasteiger partial charge in [0, 0.05) is 35.3 Å². The van der Waals surface area contributed by atoms with Crippen LogP contribution in [0.1, 0.15) is 30.9 Å². The smallest absolute Gasteiger partial charge is 0.154 e. The van der Waals surface area contributed by atoms with E-state index in [1.54, 1.807) is 6.07 Å². The largest absolute Gasteiger partial charge is 0.507 e. The molecule has 1 aromatic heterocycles. The molecule has 0 saturated carbocycles. The summed E-state index contributed by atoms with van der Waals surface area (Å²) in [5.41, 5.74) is 3.57. The normalized spacial score (nSPS) is 20.4. The van der Waals surface area contributed by atoms with Crippen molar-refractivity contribution in [3.05, 3.63) is 34.3 Å². The summed E-state index contributed by atoms with van der Waals surface area (Å²) in [4.78, 5) is 4.95. The second kappa shape index (κ2) is 7.05. The first-order valence-corrected chi connectivity index (χ1v) is 9.79. The van der Waals surface area contributed by atoms with Gasteiger partial charge < -0.3 is 14.9 Å². The lowest BCUT2D eigenvalue weighted by molar-refractivity contribution is 0.214. The molecule has 0 unspecified atom stereocenters. The molecule has 1 saturated heterocycles. The van der Waals surface area contributed by atoms with Gasteiger partial charge in [0.15, 0.2) is 5.82 Å². The van der Waals surface area contributed by atoms with E-state index in [0.717, 1.165) is 48.7 Å². The molecule has 0 aliphatic carbocycles. The van der Waals surface area contributed by atoms with Crippen molar-refractivity contribution in [3.63, 3.8) is 0 Å². The predicted octanol–water partition coefficient (Wildman–Crippen LogP) is 3.66. The van der Waals surface area contributed by atoms with Gasteiger partial charge in [-0.15, -0.1) is 10.2 Å². The Balaban J connectivity index is 1.63. The van der Waals surface area contributed by atoms with Crippen molar-refractivity contribution in [2.75, 3.05) is 31.1 Å². The molecule has 4 rings (SSSR count). The lowest BCUT2D eigenvalue weighted by Gasteiger charge is -2.37. The average molecular weight is 373 g/mol. The van der Waals surface area contributed by atoms with Crippen LogP contribution in [0.15, 0.2) is 18.2 Å². The summed E-state index contributed by atoms with van der Waals surface area (Å²) in [5, 5.41) is 19.9. The number of phenols is 1. The summed E-state index contributed by atoms with van der Waals surface area (Å²) in [7, 11) is 0. The number of benzene rings is 1. The fourth-order valence-electron chi connectivity index (χ4n) is 4.31. The third kappa shape index (κ3) is 3.14. The van der Waals surface area contributed by atoms with Gasteiger partial charge in [0.05, 0.1) is 5.69 Å². The van der Waals surface area contributed by atoms with E-state index >= 15 is 0 Å². The maximum Gasteiger partial charge on any atom is 0.154 e. The molecule has 3 heterocycles. The third-order valence-corrected chi connectivity index (χ3v) is 5.87.